The molecule has 1 amide bonds. The van der Waals surface area contributed by atoms with Crippen molar-refractivity contribution in [3.8, 4) is 0 Å². The van der Waals surface area contributed by atoms with Crippen LogP contribution in [-0.4, -0.2) is 58.6 Å². The molecule has 1 aliphatic carbocycles. The SMILES string of the molecule is CCN(CC)S(=O)(=O)N1CCC[C@H]1c1nc(C)ncc1C(=O)NC1CCCCC1. The summed E-state index contributed by atoms with van der Waals surface area (Å²) in [5.74, 6) is 0.347. The van der Waals surface area contributed by atoms with Crippen molar-refractivity contribution in [2.24, 2.45) is 0 Å². The molecule has 0 bridgehead atoms. The Labute approximate surface area is 174 Å². The van der Waals surface area contributed by atoms with Gasteiger partial charge in [0.25, 0.3) is 16.1 Å². The third-order valence-corrected chi connectivity index (χ3v) is 8.17. The van der Waals surface area contributed by atoms with E-state index < -0.39 is 16.3 Å². The highest BCUT2D eigenvalue weighted by atomic mass is 32.2. The summed E-state index contributed by atoms with van der Waals surface area (Å²) >= 11 is 0. The molecule has 0 radical (unpaired) electrons. The fourth-order valence-electron chi connectivity index (χ4n) is 4.41. The van der Waals surface area contributed by atoms with Gasteiger partial charge in [0.2, 0.25) is 0 Å². The molecule has 1 saturated carbocycles. The summed E-state index contributed by atoms with van der Waals surface area (Å²) in [6, 6.07) is -0.265. The van der Waals surface area contributed by atoms with Gasteiger partial charge in [0, 0.05) is 31.9 Å². The van der Waals surface area contributed by atoms with Crippen molar-refractivity contribution in [3.05, 3.63) is 23.3 Å². The van der Waals surface area contributed by atoms with Crippen molar-refractivity contribution < 1.29 is 13.2 Å². The van der Waals surface area contributed by atoms with Gasteiger partial charge in [-0.1, -0.05) is 33.1 Å². The first-order valence-electron chi connectivity index (χ1n) is 10.8. The lowest BCUT2D eigenvalue weighted by Gasteiger charge is -2.30. The number of nitrogens with zero attached hydrogens (tertiary/aromatic N) is 4. The minimum atomic E-state index is -3.61. The molecule has 0 unspecified atom stereocenters. The second kappa shape index (κ2) is 9.49. The average Bonchev–Trinajstić information content (AvgIpc) is 3.20. The summed E-state index contributed by atoms with van der Waals surface area (Å²) in [6.07, 6.45) is 8.39. The van der Waals surface area contributed by atoms with Crippen LogP contribution >= 0.6 is 0 Å². The quantitative estimate of drug-likeness (QED) is 0.727. The highest BCUT2D eigenvalue weighted by Gasteiger charge is 2.40. The van der Waals surface area contributed by atoms with Gasteiger partial charge in [-0.15, -0.1) is 0 Å². The Hall–Kier alpha value is -1.58. The normalized spacial score (nSPS) is 21.6. The third kappa shape index (κ3) is 4.78. The molecule has 1 saturated heterocycles. The molecule has 2 fully saturated rings. The molecule has 1 aliphatic heterocycles. The second-order valence-corrected chi connectivity index (χ2v) is 9.77. The van der Waals surface area contributed by atoms with Crippen LogP contribution in [0.2, 0.25) is 0 Å². The summed E-state index contributed by atoms with van der Waals surface area (Å²) in [4.78, 5) is 21.8. The Morgan fingerprint density at radius 1 is 1.17 bits per heavy atom. The number of hydrogen-bond acceptors (Lipinski definition) is 5. The van der Waals surface area contributed by atoms with E-state index in [-0.39, 0.29) is 11.9 Å². The Morgan fingerprint density at radius 3 is 2.52 bits per heavy atom. The zero-order valence-electron chi connectivity index (χ0n) is 17.7. The molecular formula is C20H33N5O3S. The van der Waals surface area contributed by atoms with Crippen molar-refractivity contribution in [3.63, 3.8) is 0 Å². The molecule has 162 valence electrons. The maximum absolute atomic E-state index is 13.2. The Bertz CT molecular complexity index is 819. The molecule has 1 aromatic heterocycles. The topological polar surface area (TPSA) is 95.5 Å². The van der Waals surface area contributed by atoms with Gasteiger partial charge in [-0.05, 0) is 32.6 Å². The van der Waals surface area contributed by atoms with E-state index in [4.69, 9.17) is 0 Å². The van der Waals surface area contributed by atoms with Crippen molar-refractivity contribution in [1.82, 2.24) is 23.9 Å². The van der Waals surface area contributed by atoms with Gasteiger partial charge in [0.1, 0.15) is 5.82 Å². The minimum Gasteiger partial charge on any atom is -0.349 e. The van der Waals surface area contributed by atoms with Gasteiger partial charge in [-0.2, -0.15) is 17.0 Å². The van der Waals surface area contributed by atoms with Crippen molar-refractivity contribution in [1.29, 1.82) is 0 Å². The largest absolute Gasteiger partial charge is 0.349 e. The molecule has 2 heterocycles. The summed E-state index contributed by atoms with van der Waals surface area (Å²) in [7, 11) is -3.61. The molecule has 9 heteroatoms. The van der Waals surface area contributed by atoms with Crippen LogP contribution in [0.25, 0.3) is 0 Å². The second-order valence-electron chi connectivity index (χ2n) is 7.89. The van der Waals surface area contributed by atoms with E-state index in [0.29, 0.717) is 43.1 Å². The molecule has 3 rings (SSSR count). The predicted octanol–water partition coefficient (Wildman–Crippen LogP) is 2.57. The molecule has 1 aromatic rings. The summed E-state index contributed by atoms with van der Waals surface area (Å²) in [6.45, 7) is 6.72. The number of nitrogens with one attached hydrogen (secondary N) is 1. The van der Waals surface area contributed by atoms with E-state index >= 15 is 0 Å². The maximum Gasteiger partial charge on any atom is 0.282 e. The first-order chi connectivity index (χ1) is 13.9. The number of carbonyl (C=O) groups is 1. The molecule has 0 spiro atoms. The van der Waals surface area contributed by atoms with E-state index in [1.54, 1.807) is 13.1 Å². The van der Waals surface area contributed by atoms with Crippen LogP contribution in [-0.2, 0) is 10.2 Å². The number of rotatable bonds is 7. The number of aryl methyl sites for hydroxylation is 1. The number of hydrogen-bond donors (Lipinski definition) is 1. The summed E-state index contributed by atoms with van der Waals surface area (Å²) in [5, 5.41) is 3.12. The fraction of sp³-hybridized carbons (Fsp3) is 0.750. The number of carbonyl (C=O) groups excluding carboxylic acids is 1. The Balaban J connectivity index is 1.90. The third-order valence-electron chi connectivity index (χ3n) is 5.97. The molecule has 2 aliphatic rings. The molecule has 0 aromatic carbocycles. The first-order valence-corrected chi connectivity index (χ1v) is 12.2. The lowest BCUT2D eigenvalue weighted by Crippen LogP contribution is -2.44. The van der Waals surface area contributed by atoms with E-state index in [1.165, 1.54) is 15.0 Å². The van der Waals surface area contributed by atoms with Crippen LogP contribution in [0.5, 0.6) is 0 Å². The minimum absolute atomic E-state index is 0.171. The van der Waals surface area contributed by atoms with Crippen LogP contribution in [0, 0.1) is 6.92 Å². The number of amides is 1. The zero-order chi connectivity index (χ0) is 21.0. The van der Waals surface area contributed by atoms with Crippen molar-refractivity contribution >= 4 is 16.1 Å². The van der Waals surface area contributed by atoms with E-state index in [0.717, 1.165) is 32.1 Å². The van der Waals surface area contributed by atoms with E-state index in [1.807, 2.05) is 13.8 Å². The Kier molecular flexibility index (Phi) is 7.23. The van der Waals surface area contributed by atoms with Crippen LogP contribution in [0.3, 0.4) is 0 Å². The zero-order valence-corrected chi connectivity index (χ0v) is 18.5. The molecular weight excluding hydrogens is 390 g/mol. The van der Waals surface area contributed by atoms with Gasteiger partial charge in [0.15, 0.2) is 0 Å². The van der Waals surface area contributed by atoms with Gasteiger partial charge >= 0.3 is 0 Å². The van der Waals surface area contributed by atoms with Crippen LogP contribution in [0.1, 0.15) is 86.7 Å². The van der Waals surface area contributed by atoms with Gasteiger partial charge in [-0.25, -0.2) is 9.97 Å². The monoisotopic (exact) mass is 423 g/mol. The summed E-state index contributed by atoms with van der Waals surface area (Å²) < 4.78 is 29.3. The highest BCUT2D eigenvalue weighted by molar-refractivity contribution is 7.86. The van der Waals surface area contributed by atoms with Crippen LogP contribution in [0.15, 0.2) is 6.20 Å². The smallest absolute Gasteiger partial charge is 0.282 e. The molecule has 1 atom stereocenters. The molecule has 1 N–H and O–H groups in total. The van der Waals surface area contributed by atoms with Crippen molar-refractivity contribution in [2.75, 3.05) is 19.6 Å². The highest BCUT2D eigenvalue weighted by Crippen LogP contribution is 2.36. The molecule has 29 heavy (non-hydrogen) atoms. The Morgan fingerprint density at radius 2 is 1.86 bits per heavy atom. The van der Waals surface area contributed by atoms with Crippen molar-refractivity contribution in [2.45, 2.75) is 77.8 Å². The summed E-state index contributed by atoms with van der Waals surface area (Å²) in [5.41, 5.74) is 0.923. The van der Waals surface area contributed by atoms with E-state index in [2.05, 4.69) is 15.3 Å². The number of aromatic nitrogens is 2. The average molecular weight is 424 g/mol. The standard InChI is InChI=1S/C20H33N5O3S/c1-4-24(5-2)29(27,28)25-13-9-12-18(25)19-17(14-21-15(3)22-19)20(26)23-16-10-7-6-8-11-16/h14,16,18H,4-13H2,1-3H3,(H,23,26)/t18-/m0/s1. The van der Waals surface area contributed by atoms with Gasteiger partial charge < -0.3 is 5.32 Å². The van der Waals surface area contributed by atoms with Gasteiger partial charge in [-0.3, -0.25) is 4.79 Å². The lowest BCUT2D eigenvalue weighted by atomic mass is 9.95. The van der Waals surface area contributed by atoms with Crippen LogP contribution < -0.4 is 5.32 Å². The van der Waals surface area contributed by atoms with E-state index in [9.17, 15) is 13.2 Å². The fourth-order valence-corrected chi connectivity index (χ4v) is 6.25. The van der Waals surface area contributed by atoms with Crippen LogP contribution in [0.4, 0.5) is 0 Å². The molecule has 8 nitrogen and oxygen atoms in total. The van der Waals surface area contributed by atoms with Gasteiger partial charge in [0.05, 0.1) is 17.3 Å². The lowest BCUT2D eigenvalue weighted by molar-refractivity contribution is 0.0924. The first kappa shape index (κ1) is 22.1. The maximum atomic E-state index is 13.2. The predicted molar refractivity (Wildman–Crippen MR) is 112 cm³/mol.